The maximum Gasteiger partial charge on any atom is 0.340 e. The van der Waals surface area contributed by atoms with Gasteiger partial charge in [-0.2, -0.15) is 0 Å². The quantitative estimate of drug-likeness (QED) is 0.668. The third kappa shape index (κ3) is 2.54. The number of rotatable bonds is 3. The Morgan fingerprint density at radius 3 is 2.46 bits per heavy atom. The molecular formula is C19H22O5. The Morgan fingerprint density at radius 2 is 1.88 bits per heavy atom. The number of benzene rings is 1. The molecule has 1 aliphatic heterocycles. The summed E-state index contributed by atoms with van der Waals surface area (Å²) in [5.41, 5.74) is -0.709. The van der Waals surface area contributed by atoms with Crippen LogP contribution in [-0.4, -0.2) is 21.9 Å². The molecular weight excluding hydrogens is 308 g/mol. The van der Waals surface area contributed by atoms with Crippen LogP contribution in [0.1, 0.15) is 44.9 Å². The Balaban J connectivity index is 2.18. The van der Waals surface area contributed by atoms with Gasteiger partial charge in [-0.1, -0.05) is 19.9 Å². The normalized spacial score (nSPS) is 20.8. The highest BCUT2D eigenvalue weighted by Crippen LogP contribution is 2.42. The molecule has 0 radical (unpaired) electrons. The standard InChI is InChI=1S/C19H22O5/c1-6-18(2,3)12-8-10-7-11-14(9-13(10)24-17(12)21)23-16(15(11)20)19(4,5)22/h6-9,15-16,20,22H,1H2,2-5H3/t15-,16-/m0/s1. The summed E-state index contributed by atoms with van der Waals surface area (Å²) >= 11 is 0. The van der Waals surface area contributed by atoms with E-state index in [1.807, 2.05) is 13.8 Å². The summed E-state index contributed by atoms with van der Waals surface area (Å²) in [7, 11) is 0. The zero-order chi connectivity index (χ0) is 17.9. The average Bonchev–Trinajstić information content (AvgIpc) is 2.81. The minimum atomic E-state index is -1.21. The van der Waals surface area contributed by atoms with Crippen molar-refractivity contribution in [2.45, 2.75) is 50.9 Å². The van der Waals surface area contributed by atoms with Gasteiger partial charge in [-0.15, -0.1) is 6.58 Å². The number of allylic oxidation sites excluding steroid dienone is 1. The lowest BCUT2D eigenvalue weighted by atomic mass is 9.85. The van der Waals surface area contributed by atoms with E-state index in [0.29, 0.717) is 27.8 Å². The van der Waals surface area contributed by atoms with Crippen molar-refractivity contribution in [1.82, 2.24) is 0 Å². The van der Waals surface area contributed by atoms with Crippen LogP contribution in [0.3, 0.4) is 0 Å². The maximum atomic E-state index is 12.3. The van der Waals surface area contributed by atoms with Gasteiger partial charge in [-0.05, 0) is 26.0 Å². The van der Waals surface area contributed by atoms with Gasteiger partial charge in [0.25, 0.3) is 0 Å². The van der Waals surface area contributed by atoms with Crippen molar-refractivity contribution < 1.29 is 19.4 Å². The monoisotopic (exact) mass is 330 g/mol. The van der Waals surface area contributed by atoms with Crippen LogP contribution in [0.4, 0.5) is 0 Å². The SMILES string of the molecule is C=CC(C)(C)c1cc2cc3c(cc2oc1=O)O[C@H](C(C)(C)O)[C@H]3O. The van der Waals surface area contributed by atoms with Crippen LogP contribution >= 0.6 is 0 Å². The number of ether oxygens (including phenoxy) is 1. The zero-order valence-corrected chi connectivity index (χ0v) is 14.3. The van der Waals surface area contributed by atoms with E-state index >= 15 is 0 Å². The van der Waals surface area contributed by atoms with Gasteiger partial charge in [0.1, 0.15) is 17.4 Å². The molecule has 1 aromatic carbocycles. The number of fused-ring (bicyclic) bond motifs is 2. The van der Waals surface area contributed by atoms with Crippen LogP contribution in [0, 0.1) is 0 Å². The summed E-state index contributed by atoms with van der Waals surface area (Å²) in [4.78, 5) is 12.3. The van der Waals surface area contributed by atoms with Gasteiger partial charge >= 0.3 is 5.63 Å². The minimum Gasteiger partial charge on any atom is -0.484 e. The molecule has 0 spiro atoms. The molecule has 2 N–H and O–H groups in total. The van der Waals surface area contributed by atoms with Gasteiger partial charge in [-0.25, -0.2) is 4.79 Å². The van der Waals surface area contributed by atoms with E-state index in [1.54, 1.807) is 38.1 Å². The lowest BCUT2D eigenvalue weighted by Crippen LogP contribution is -2.41. The highest BCUT2D eigenvalue weighted by atomic mass is 16.5. The molecule has 5 nitrogen and oxygen atoms in total. The van der Waals surface area contributed by atoms with Crippen LogP contribution in [0.2, 0.25) is 0 Å². The van der Waals surface area contributed by atoms with Gasteiger partial charge in [-0.3, -0.25) is 0 Å². The third-order valence-electron chi connectivity index (χ3n) is 4.62. The largest absolute Gasteiger partial charge is 0.484 e. The number of aliphatic hydroxyl groups is 2. The van der Waals surface area contributed by atoms with Crippen LogP contribution in [0.15, 0.2) is 40.1 Å². The first-order chi connectivity index (χ1) is 11.0. The molecule has 2 atom stereocenters. The Labute approximate surface area is 140 Å². The van der Waals surface area contributed by atoms with Crippen LogP contribution in [-0.2, 0) is 5.41 Å². The fourth-order valence-electron chi connectivity index (χ4n) is 2.95. The maximum absolute atomic E-state index is 12.3. The summed E-state index contributed by atoms with van der Waals surface area (Å²) in [6.07, 6.45) is -0.0342. The van der Waals surface area contributed by atoms with Crippen LogP contribution in [0.25, 0.3) is 11.0 Å². The topological polar surface area (TPSA) is 79.9 Å². The van der Waals surface area contributed by atoms with Gasteiger partial charge in [0, 0.05) is 28.0 Å². The lowest BCUT2D eigenvalue weighted by Gasteiger charge is -2.27. The predicted octanol–water partition coefficient (Wildman–Crippen LogP) is 2.82. The van der Waals surface area contributed by atoms with E-state index in [0.717, 1.165) is 0 Å². The first kappa shape index (κ1) is 16.7. The van der Waals surface area contributed by atoms with Gasteiger partial charge in [0.15, 0.2) is 6.10 Å². The van der Waals surface area contributed by atoms with Gasteiger partial charge < -0.3 is 19.4 Å². The highest BCUT2D eigenvalue weighted by molar-refractivity contribution is 5.81. The minimum absolute atomic E-state index is 0.381. The molecule has 0 aliphatic carbocycles. The molecule has 24 heavy (non-hydrogen) atoms. The van der Waals surface area contributed by atoms with Gasteiger partial charge in [0.05, 0.1) is 5.60 Å². The molecule has 128 valence electrons. The third-order valence-corrected chi connectivity index (χ3v) is 4.62. The van der Waals surface area contributed by atoms with E-state index in [2.05, 4.69) is 6.58 Å². The average molecular weight is 330 g/mol. The molecule has 0 unspecified atom stereocenters. The van der Waals surface area contributed by atoms with Crippen molar-refractivity contribution in [3.8, 4) is 5.75 Å². The van der Waals surface area contributed by atoms with Crippen molar-refractivity contribution in [3.63, 3.8) is 0 Å². The van der Waals surface area contributed by atoms with Crippen molar-refractivity contribution in [2.24, 2.45) is 0 Å². The molecule has 3 rings (SSSR count). The van der Waals surface area contributed by atoms with Gasteiger partial charge in [0.2, 0.25) is 0 Å². The number of aliphatic hydroxyl groups excluding tert-OH is 1. The molecule has 0 saturated heterocycles. The van der Waals surface area contributed by atoms with Crippen LogP contribution < -0.4 is 10.4 Å². The molecule has 0 fully saturated rings. The Bertz CT molecular complexity index is 870. The van der Waals surface area contributed by atoms with E-state index in [1.165, 1.54) is 0 Å². The second kappa shape index (κ2) is 5.19. The first-order valence-electron chi connectivity index (χ1n) is 7.87. The summed E-state index contributed by atoms with van der Waals surface area (Å²) in [5.74, 6) is 0.418. The molecule has 0 bridgehead atoms. The van der Waals surface area contributed by atoms with E-state index in [4.69, 9.17) is 9.15 Å². The fraction of sp³-hybridized carbons (Fsp3) is 0.421. The van der Waals surface area contributed by atoms with Crippen molar-refractivity contribution in [1.29, 1.82) is 0 Å². The number of hydrogen-bond donors (Lipinski definition) is 2. The van der Waals surface area contributed by atoms with Crippen molar-refractivity contribution >= 4 is 11.0 Å². The van der Waals surface area contributed by atoms with Crippen LogP contribution in [0.5, 0.6) is 5.75 Å². The zero-order valence-electron chi connectivity index (χ0n) is 14.3. The molecule has 0 amide bonds. The summed E-state index contributed by atoms with van der Waals surface area (Å²) in [6.45, 7) is 10.7. The Kier molecular flexibility index (Phi) is 3.62. The molecule has 1 aliphatic rings. The molecule has 2 aromatic rings. The predicted molar refractivity (Wildman–Crippen MR) is 91.4 cm³/mol. The van der Waals surface area contributed by atoms with Crippen molar-refractivity contribution in [2.75, 3.05) is 0 Å². The summed E-state index contributed by atoms with van der Waals surface area (Å²) in [5, 5.41) is 21.3. The second-order valence-electron chi connectivity index (χ2n) is 7.44. The number of hydrogen-bond acceptors (Lipinski definition) is 5. The lowest BCUT2D eigenvalue weighted by molar-refractivity contribution is -0.0762. The second-order valence-corrected chi connectivity index (χ2v) is 7.44. The molecule has 2 heterocycles. The molecule has 1 aromatic heterocycles. The summed E-state index contributed by atoms with van der Waals surface area (Å²) in [6, 6.07) is 5.09. The Hall–Kier alpha value is -2.11. The first-order valence-corrected chi connectivity index (χ1v) is 7.87. The Morgan fingerprint density at radius 1 is 1.21 bits per heavy atom. The van der Waals surface area contributed by atoms with E-state index in [-0.39, 0.29) is 0 Å². The van der Waals surface area contributed by atoms with Crippen molar-refractivity contribution in [3.05, 3.63) is 52.4 Å². The smallest absolute Gasteiger partial charge is 0.340 e. The highest BCUT2D eigenvalue weighted by Gasteiger charge is 2.42. The van der Waals surface area contributed by atoms with E-state index < -0.39 is 28.8 Å². The van der Waals surface area contributed by atoms with E-state index in [9.17, 15) is 15.0 Å². The fourth-order valence-corrected chi connectivity index (χ4v) is 2.95. The summed E-state index contributed by atoms with van der Waals surface area (Å²) < 4.78 is 11.1. The molecule has 5 heteroatoms. The molecule has 0 saturated carbocycles.